The summed E-state index contributed by atoms with van der Waals surface area (Å²) < 4.78 is 11.9. The molecule has 8 heteroatoms. The van der Waals surface area contributed by atoms with Crippen LogP contribution in [0.25, 0.3) is 21.2 Å². The van der Waals surface area contributed by atoms with Crippen molar-refractivity contribution < 1.29 is 19.1 Å². The molecule has 38 heavy (non-hydrogen) atoms. The highest BCUT2D eigenvalue weighted by atomic mass is 35.5. The molecule has 0 unspecified atom stereocenters. The van der Waals surface area contributed by atoms with Crippen LogP contribution < -0.4 is 14.9 Å². The van der Waals surface area contributed by atoms with Gasteiger partial charge < -0.3 is 9.47 Å². The summed E-state index contributed by atoms with van der Waals surface area (Å²) in [4.78, 5) is 25.0. The second-order valence-electron chi connectivity index (χ2n) is 8.17. The minimum atomic E-state index is -0.514. The van der Waals surface area contributed by atoms with Crippen LogP contribution in [0.4, 0.5) is 0 Å². The molecule has 0 aliphatic rings. The van der Waals surface area contributed by atoms with Crippen LogP contribution in [0.5, 0.6) is 11.5 Å². The molecule has 1 N–H and O–H groups in total. The summed E-state index contributed by atoms with van der Waals surface area (Å²) in [5.41, 5.74) is 5.32. The molecule has 188 valence electrons. The Morgan fingerprint density at radius 1 is 0.816 bits per heavy atom. The maximum atomic E-state index is 12.6. The predicted molar refractivity (Wildman–Crippen MR) is 151 cm³/mol. The number of amides is 1. The fraction of sp³-hybridized carbons (Fsp3) is 0.0333. The van der Waals surface area contributed by atoms with E-state index in [0.717, 1.165) is 21.2 Å². The van der Waals surface area contributed by atoms with Gasteiger partial charge in [-0.1, -0.05) is 72.3 Å². The molecule has 0 aliphatic heterocycles. The van der Waals surface area contributed by atoms with Crippen LogP contribution in [0.2, 0.25) is 5.02 Å². The van der Waals surface area contributed by atoms with Gasteiger partial charge in [-0.25, -0.2) is 10.2 Å². The number of hydrazone groups is 1. The highest BCUT2D eigenvalue weighted by Crippen LogP contribution is 2.35. The molecule has 5 rings (SSSR count). The standard InChI is InChI=1S/C30H21ClN2O4S/c31-28-25-8-4-5-9-26(25)38-29(28)30(35)37-24-14-10-20(11-15-24)18-32-33-27(34)19-36-23-16-12-22(13-17-23)21-6-2-1-3-7-21/h1-18H,19H2,(H,33,34)/b32-18+. The summed E-state index contributed by atoms with van der Waals surface area (Å²) in [5, 5.41) is 5.17. The van der Waals surface area contributed by atoms with E-state index in [9.17, 15) is 9.59 Å². The second kappa shape index (κ2) is 11.7. The molecular formula is C30H21ClN2O4S. The molecule has 0 aliphatic carbocycles. The van der Waals surface area contributed by atoms with Crippen molar-refractivity contribution in [2.24, 2.45) is 5.10 Å². The number of rotatable bonds is 8. The van der Waals surface area contributed by atoms with Crippen molar-refractivity contribution in [1.29, 1.82) is 0 Å². The van der Waals surface area contributed by atoms with Gasteiger partial charge in [0.15, 0.2) is 6.61 Å². The molecule has 0 bridgehead atoms. The van der Waals surface area contributed by atoms with Crippen molar-refractivity contribution in [2.75, 3.05) is 6.61 Å². The van der Waals surface area contributed by atoms with E-state index < -0.39 is 5.97 Å². The quantitative estimate of drug-likeness (QED) is 0.0997. The molecule has 1 heterocycles. The number of carbonyl (C=O) groups is 2. The van der Waals surface area contributed by atoms with Gasteiger partial charge in [-0.15, -0.1) is 11.3 Å². The number of ether oxygens (including phenoxy) is 2. The van der Waals surface area contributed by atoms with Crippen molar-refractivity contribution in [1.82, 2.24) is 5.43 Å². The lowest BCUT2D eigenvalue weighted by molar-refractivity contribution is -0.123. The van der Waals surface area contributed by atoms with Gasteiger partial charge in [0.1, 0.15) is 16.4 Å². The Bertz CT molecular complexity index is 1600. The highest BCUT2D eigenvalue weighted by Gasteiger charge is 2.18. The van der Waals surface area contributed by atoms with E-state index in [2.05, 4.69) is 10.5 Å². The number of fused-ring (bicyclic) bond motifs is 1. The Morgan fingerprint density at radius 2 is 1.47 bits per heavy atom. The number of halogens is 1. The first kappa shape index (κ1) is 25.2. The second-order valence-corrected chi connectivity index (χ2v) is 9.60. The molecule has 4 aromatic carbocycles. The third kappa shape index (κ3) is 6.08. The first-order chi connectivity index (χ1) is 18.6. The van der Waals surface area contributed by atoms with Gasteiger partial charge in [0.05, 0.1) is 11.2 Å². The Balaban J connectivity index is 1.09. The summed E-state index contributed by atoms with van der Waals surface area (Å²) in [6.07, 6.45) is 1.49. The number of esters is 1. The highest BCUT2D eigenvalue weighted by molar-refractivity contribution is 7.21. The van der Waals surface area contributed by atoms with Crippen molar-refractivity contribution in [3.05, 3.63) is 119 Å². The van der Waals surface area contributed by atoms with E-state index in [1.54, 1.807) is 24.3 Å². The van der Waals surface area contributed by atoms with Gasteiger partial charge in [-0.05, 0) is 59.2 Å². The first-order valence-electron chi connectivity index (χ1n) is 11.7. The van der Waals surface area contributed by atoms with Gasteiger partial charge in [-0.2, -0.15) is 5.10 Å². The van der Waals surface area contributed by atoms with Gasteiger partial charge in [-0.3, -0.25) is 4.79 Å². The molecule has 0 saturated carbocycles. The van der Waals surface area contributed by atoms with E-state index >= 15 is 0 Å². The Labute approximate surface area is 228 Å². The summed E-state index contributed by atoms with van der Waals surface area (Å²) in [5.74, 6) is 0.0565. The zero-order chi connectivity index (χ0) is 26.3. The van der Waals surface area contributed by atoms with Crippen LogP contribution in [0.1, 0.15) is 15.2 Å². The van der Waals surface area contributed by atoms with Crippen LogP contribution in [0.3, 0.4) is 0 Å². The van der Waals surface area contributed by atoms with Crippen molar-refractivity contribution in [2.45, 2.75) is 0 Å². The number of nitrogens with zero attached hydrogens (tertiary/aromatic N) is 1. The normalized spacial score (nSPS) is 11.0. The molecule has 0 radical (unpaired) electrons. The minimum Gasteiger partial charge on any atom is -0.484 e. The van der Waals surface area contributed by atoms with Gasteiger partial charge in [0, 0.05) is 10.1 Å². The number of thiophene rings is 1. The van der Waals surface area contributed by atoms with Crippen LogP contribution >= 0.6 is 22.9 Å². The molecule has 1 aromatic heterocycles. The average molecular weight is 541 g/mol. The van der Waals surface area contributed by atoms with Crippen LogP contribution in [0.15, 0.2) is 108 Å². The van der Waals surface area contributed by atoms with Crippen molar-refractivity contribution in [3.8, 4) is 22.6 Å². The molecule has 0 saturated heterocycles. The summed E-state index contributed by atoms with van der Waals surface area (Å²) in [6.45, 7) is -0.169. The number of nitrogens with one attached hydrogen (secondary N) is 1. The predicted octanol–water partition coefficient (Wildman–Crippen LogP) is 6.97. The number of hydrogen-bond donors (Lipinski definition) is 1. The minimum absolute atomic E-state index is 0.169. The lowest BCUT2D eigenvalue weighted by atomic mass is 10.1. The number of carbonyl (C=O) groups excluding carboxylic acids is 2. The van der Waals surface area contributed by atoms with Crippen LogP contribution in [-0.4, -0.2) is 24.7 Å². The maximum Gasteiger partial charge on any atom is 0.355 e. The van der Waals surface area contributed by atoms with Crippen molar-refractivity contribution in [3.63, 3.8) is 0 Å². The SMILES string of the molecule is O=C(COc1ccc(-c2ccccc2)cc1)N/N=C/c1ccc(OC(=O)c2sc3ccccc3c2Cl)cc1. The van der Waals surface area contributed by atoms with Gasteiger partial charge in [0.2, 0.25) is 0 Å². The Morgan fingerprint density at radius 3 is 2.21 bits per heavy atom. The van der Waals surface area contributed by atoms with E-state index in [-0.39, 0.29) is 12.5 Å². The third-order valence-corrected chi connectivity index (χ3v) is 7.20. The molecule has 0 atom stereocenters. The maximum absolute atomic E-state index is 12.6. The summed E-state index contributed by atoms with van der Waals surface area (Å²) in [6, 6.07) is 31.8. The molecule has 1 amide bonds. The smallest absolute Gasteiger partial charge is 0.355 e. The topological polar surface area (TPSA) is 77.0 Å². The molecule has 0 spiro atoms. The molecular weight excluding hydrogens is 520 g/mol. The third-order valence-electron chi connectivity index (χ3n) is 5.55. The summed E-state index contributed by atoms with van der Waals surface area (Å²) >= 11 is 7.65. The first-order valence-corrected chi connectivity index (χ1v) is 12.9. The van der Waals surface area contributed by atoms with Gasteiger partial charge >= 0.3 is 5.97 Å². The zero-order valence-electron chi connectivity index (χ0n) is 20.0. The lowest BCUT2D eigenvalue weighted by Gasteiger charge is -2.07. The monoisotopic (exact) mass is 540 g/mol. The van der Waals surface area contributed by atoms with E-state index in [1.165, 1.54) is 17.6 Å². The lowest BCUT2D eigenvalue weighted by Crippen LogP contribution is -2.24. The zero-order valence-corrected chi connectivity index (χ0v) is 21.5. The molecule has 5 aromatic rings. The van der Waals surface area contributed by atoms with Crippen LogP contribution in [0, 0.1) is 0 Å². The number of hydrogen-bond acceptors (Lipinski definition) is 6. The van der Waals surface area contributed by atoms with E-state index in [1.807, 2.05) is 78.9 Å². The molecule has 0 fully saturated rings. The van der Waals surface area contributed by atoms with E-state index in [0.29, 0.717) is 27.0 Å². The Hall–Kier alpha value is -4.46. The van der Waals surface area contributed by atoms with Crippen LogP contribution in [-0.2, 0) is 4.79 Å². The largest absolute Gasteiger partial charge is 0.484 e. The molecule has 6 nitrogen and oxygen atoms in total. The van der Waals surface area contributed by atoms with Gasteiger partial charge in [0.25, 0.3) is 5.91 Å². The van der Waals surface area contributed by atoms with Crippen molar-refractivity contribution >= 4 is 51.1 Å². The fourth-order valence-electron chi connectivity index (χ4n) is 3.65. The van der Waals surface area contributed by atoms with E-state index in [4.69, 9.17) is 21.1 Å². The number of benzene rings is 4. The summed E-state index contributed by atoms with van der Waals surface area (Å²) in [7, 11) is 0. The average Bonchev–Trinajstić information content (AvgIpc) is 3.30. The Kier molecular flexibility index (Phi) is 7.78. The fourth-order valence-corrected chi connectivity index (χ4v) is 5.04.